The number of aryl methyl sites for hydroxylation is 1. The maximum absolute atomic E-state index is 9.19. The van der Waals surface area contributed by atoms with Crippen LogP contribution in [0.5, 0.6) is 11.5 Å². The SMILES string of the molecule is CCNC(C)(C#N)CCOc1ccc(CC)cc1OC. The zero-order valence-electron chi connectivity index (χ0n) is 12.8. The second-order valence-corrected chi connectivity index (χ2v) is 4.91. The maximum Gasteiger partial charge on any atom is 0.161 e. The molecule has 4 nitrogen and oxygen atoms in total. The molecule has 0 fully saturated rings. The van der Waals surface area contributed by atoms with Crippen molar-refractivity contribution in [1.29, 1.82) is 5.26 Å². The molecule has 1 unspecified atom stereocenters. The standard InChI is InChI=1S/C16H24N2O2/c1-5-13-7-8-14(15(11-13)19-4)20-10-9-16(3,12-17)18-6-2/h7-8,11,18H,5-6,9-10H2,1-4H3. The van der Waals surface area contributed by atoms with Crippen molar-refractivity contribution in [3.05, 3.63) is 23.8 Å². The van der Waals surface area contributed by atoms with Gasteiger partial charge in [0.2, 0.25) is 0 Å². The molecular weight excluding hydrogens is 252 g/mol. The summed E-state index contributed by atoms with van der Waals surface area (Å²) in [5.41, 5.74) is 0.662. The summed E-state index contributed by atoms with van der Waals surface area (Å²) < 4.78 is 11.1. The summed E-state index contributed by atoms with van der Waals surface area (Å²) in [7, 11) is 1.64. The van der Waals surface area contributed by atoms with Crippen LogP contribution in [0, 0.1) is 11.3 Å². The summed E-state index contributed by atoms with van der Waals surface area (Å²) in [5.74, 6) is 1.47. The summed E-state index contributed by atoms with van der Waals surface area (Å²) in [5, 5.41) is 12.4. The molecule has 0 aliphatic rings. The van der Waals surface area contributed by atoms with Gasteiger partial charge in [-0.05, 0) is 37.6 Å². The average molecular weight is 276 g/mol. The molecule has 0 radical (unpaired) electrons. The first kappa shape index (κ1) is 16.3. The third-order valence-corrected chi connectivity index (χ3v) is 3.31. The van der Waals surface area contributed by atoms with Crippen molar-refractivity contribution in [2.24, 2.45) is 0 Å². The number of hydrogen-bond acceptors (Lipinski definition) is 4. The van der Waals surface area contributed by atoms with E-state index in [9.17, 15) is 5.26 Å². The van der Waals surface area contributed by atoms with Crippen LogP contribution >= 0.6 is 0 Å². The van der Waals surface area contributed by atoms with Crippen LogP contribution in [0.2, 0.25) is 0 Å². The maximum atomic E-state index is 9.19. The molecule has 110 valence electrons. The van der Waals surface area contributed by atoms with E-state index in [2.05, 4.69) is 18.3 Å². The molecule has 0 aromatic heterocycles. The van der Waals surface area contributed by atoms with Gasteiger partial charge in [-0.25, -0.2) is 0 Å². The lowest BCUT2D eigenvalue weighted by molar-refractivity contribution is 0.256. The Hall–Kier alpha value is -1.73. The highest BCUT2D eigenvalue weighted by molar-refractivity contribution is 5.42. The van der Waals surface area contributed by atoms with Crippen molar-refractivity contribution in [1.82, 2.24) is 5.32 Å². The molecule has 0 amide bonds. The highest BCUT2D eigenvalue weighted by Gasteiger charge is 2.22. The zero-order chi connectivity index (χ0) is 15.0. The minimum atomic E-state index is -0.550. The van der Waals surface area contributed by atoms with Crippen molar-refractivity contribution in [2.45, 2.75) is 39.2 Å². The normalized spacial score (nSPS) is 13.3. The summed E-state index contributed by atoms with van der Waals surface area (Å²) in [4.78, 5) is 0. The second-order valence-electron chi connectivity index (χ2n) is 4.91. The summed E-state index contributed by atoms with van der Waals surface area (Å²) in [6.45, 7) is 7.21. The van der Waals surface area contributed by atoms with Crippen molar-refractivity contribution >= 4 is 0 Å². The number of methoxy groups -OCH3 is 1. The van der Waals surface area contributed by atoms with Gasteiger partial charge in [0.25, 0.3) is 0 Å². The lowest BCUT2D eigenvalue weighted by Crippen LogP contribution is -2.42. The summed E-state index contributed by atoms with van der Waals surface area (Å²) in [6.07, 6.45) is 1.58. The van der Waals surface area contributed by atoms with E-state index in [1.807, 2.05) is 32.0 Å². The molecule has 1 rings (SSSR count). The predicted octanol–water partition coefficient (Wildman–Crippen LogP) is 2.92. The molecule has 20 heavy (non-hydrogen) atoms. The van der Waals surface area contributed by atoms with Gasteiger partial charge in [-0.2, -0.15) is 5.26 Å². The smallest absolute Gasteiger partial charge is 0.161 e. The molecule has 4 heteroatoms. The number of hydrogen-bond donors (Lipinski definition) is 1. The first-order valence-corrected chi connectivity index (χ1v) is 7.04. The van der Waals surface area contributed by atoms with Gasteiger partial charge < -0.3 is 9.47 Å². The molecule has 0 saturated heterocycles. The minimum Gasteiger partial charge on any atom is -0.493 e. The Kier molecular flexibility index (Phi) is 6.33. The molecule has 0 bridgehead atoms. The van der Waals surface area contributed by atoms with Gasteiger partial charge in [0.05, 0.1) is 19.8 Å². The molecule has 1 aromatic carbocycles. The fourth-order valence-electron chi connectivity index (χ4n) is 1.99. The van der Waals surface area contributed by atoms with Crippen molar-refractivity contribution < 1.29 is 9.47 Å². The molecule has 1 aromatic rings. The Labute approximate surface area is 121 Å². The number of nitriles is 1. The number of nitrogens with zero attached hydrogens (tertiary/aromatic N) is 1. The zero-order valence-corrected chi connectivity index (χ0v) is 12.8. The molecule has 0 heterocycles. The predicted molar refractivity (Wildman–Crippen MR) is 80.2 cm³/mol. The largest absolute Gasteiger partial charge is 0.493 e. The lowest BCUT2D eigenvalue weighted by atomic mass is 10.0. The van der Waals surface area contributed by atoms with E-state index in [4.69, 9.17) is 9.47 Å². The van der Waals surface area contributed by atoms with Gasteiger partial charge in [-0.15, -0.1) is 0 Å². The number of nitrogens with one attached hydrogen (secondary N) is 1. The molecule has 0 saturated carbocycles. The summed E-state index contributed by atoms with van der Waals surface area (Å²) in [6, 6.07) is 8.24. The van der Waals surface area contributed by atoms with E-state index < -0.39 is 5.54 Å². The van der Waals surface area contributed by atoms with E-state index in [-0.39, 0.29) is 0 Å². The minimum absolute atomic E-state index is 0.471. The lowest BCUT2D eigenvalue weighted by Gasteiger charge is -2.22. The number of ether oxygens (including phenoxy) is 2. The van der Waals surface area contributed by atoms with Gasteiger partial charge in [0.1, 0.15) is 5.54 Å². The first-order valence-electron chi connectivity index (χ1n) is 7.04. The van der Waals surface area contributed by atoms with Crippen LogP contribution in [0.4, 0.5) is 0 Å². The Morgan fingerprint density at radius 2 is 2.05 bits per heavy atom. The molecule has 0 aliphatic carbocycles. The van der Waals surface area contributed by atoms with Gasteiger partial charge in [-0.3, -0.25) is 5.32 Å². The molecular formula is C16H24N2O2. The van der Waals surface area contributed by atoms with E-state index in [0.717, 1.165) is 24.5 Å². The Morgan fingerprint density at radius 3 is 2.60 bits per heavy atom. The van der Waals surface area contributed by atoms with Crippen LogP contribution in [0.3, 0.4) is 0 Å². The molecule has 0 spiro atoms. The van der Waals surface area contributed by atoms with Crippen molar-refractivity contribution in [3.8, 4) is 17.6 Å². The van der Waals surface area contributed by atoms with Gasteiger partial charge in [0, 0.05) is 6.42 Å². The van der Waals surface area contributed by atoms with E-state index in [1.54, 1.807) is 7.11 Å². The van der Waals surface area contributed by atoms with E-state index >= 15 is 0 Å². The van der Waals surface area contributed by atoms with Gasteiger partial charge in [-0.1, -0.05) is 19.9 Å². The van der Waals surface area contributed by atoms with Gasteiger partial charge in [0.15, 0.2) is 11.5 Å². The second kappa shape index (κ2) is 7.76. The third-order valence-electron chi connectivity index (χ3n) is 3.31. The first-order chi connectivity index (χ1) is 9.58. The monoisotopic (exact) mass is 276 g/mol. The van der Waals surface area contributed by atoms with Gasteiger partial charge >= 0.3 is 0 Å². The molecule has 1 N–H and O–H groups in total. The fraction of sp³-hybridized carbons (Fsp3) is 0.562. The van der Waals surface area contributed by atoms with Crippen molar-refractivity contribution in [3.63, 3.8) is 0 Å². The van der Waals surface area contributed by atoms with E-state index in [1.165, 1.54) is 5.56 Å². The van der Waals surface area contributed by atoms with E-state index in [0.29, 0.717) is 13.0 Å². The topological polar surface area (TPSA) is 54.3 Å². The Bertz CT molecular complexity index is 468. The number of benzene rings is 1. The average Bonchev–Trinajstić information content (AvgIpc) is 2.47. The van der Waals surface area contributed by atoms with Crippen LogP contribution in [-0.2, 0) is 6.42 Å². The third kappa shape index (κ3) is 4.43. The van der Waals surface area contributed by atoms with Crippen LogP contribution in [0.25, 0.3) is 0 Å². The van der Waals surface area contributed by atoms with Crippen LogP contribution in [0.1, 0.15) is 32.8 Å². The molecule has 0 aliphatic heterocycles. The highest BCUT2D eigenvalue weighted by atomic mass is 16.5. The van der Waals surface area contributed by atoms with Crippen LogP contribution in [0.15, 0.2) is 18.2 Å². The molecule has 1 atom stereocenters. The van der Waals surface area contributed by atoms with Crippen molar-refractivity contribution in [2.75, 3.05) is 20.3 Å². The summed E-state index contributed by atoms with van der Waals surface area (Å²) >= 11 is 0. The number of rotatable bonds is 8. The quantitative estimate of drug-likeness (QED) is 0.793. The highest BCUT2D eigenvalue weighted by Crippen LogP contribution is 2.28. The Balaban J connectivity index is 2.64. The Morgan fingerprint density at radius 1 is 1.30 bits per heavy atom. The fourth-order valence-corrected chi connectivity index (χ4v) is 1.99. The van der Waals surface area contributed by atoms with Crippen LogP contribution < -0.4 is 14.8 Å². The van der Waals surface area contributed by atoms with Crippen LogP contribution in [-0.4, -0.2) is 25.8 Å².